The Hall–Kier alpha value is -3.67. The Bertz CT molecular complexity index is 1390. The molecule has 31 heavy (non-hydrogen) atoms. The van der Waals surface area contributed by atoms with Crippen LogP contribution < -0.4 is 16.6 Å². The maximum absolute atomic E-state index is 13.0. The number of rotatable bonds is 4. The average molecular weight is 458 g/mol. The van der Waals surface area contributed by atoms with Crippen LogP contribution >= 0.6 is 11.6 Å². The van der Waals surface area contributed by atoms with Gasteiger partial charge in [0.15, 0.2) is 0 Å². The summed E-state index contributed by atoms with van der Waals surface area (Å²) in [7, 11) is -3.83. The second-order valence-corrected chi connectivity index (χ2v) is 8.57. The van der Waals surface area contributed by atoms with Gasteiger partial charge in [0.05, 0.1) is 22.5 Å². The number of hydrogen-bond acceptors (Lipinski definition) is 7. The quantitative estimate of drug-likeness (QED) is 0.420. The van der Waals surface area contributed by atoms with E-state index in [-0.39, 0.29) is 22.1 Å². The summed E-state index contributed by atoms with van der Waals surface area (Å²) in [5.74, 6) is -0.404. The summed E-state index contributed by atoms with van der Waals surface area (Å²) in [5, 5.41) is 14.1. The molecule has 0 aliphatic rings. The molecule has 10 nitrogen and oxygen atoms in total. The lowest BCUT2D eigenvalue weighted by atomic mass is 10.1. The molecule has 2 aromatic heterocycles. The molecule has 0 fully saturated rings. The minimum Gasteiger partial charge on any atom is -0.383 e. The van der Waals surface area contributed by atoms with Crippen molar-refractivity contribution in [1.82, 2.24) is 19.6 Å². The first-order chi connectivity index (χ1) is 14.6. The highest BCUT2D eigenvalue weighted by atomic mass is 35.5. The lowest BCUT2D eigenvalue weighted by Gasteiger charge is -2.06. The van der Waals surface area contributed by atoms with Crippen LogP contribution in [0.4, 0.5) is 11.6 Å². The third kappa shape index (κ3) is 3.89. The van der Waals surface area contributed by atoms with E-state index in [0.717, 1.165) is 10.2 Å². The molecule has 0 atom stereocenters. The summed E-state index contributed by atoms with van der Waals surface area (Å²) in [5.41, 5.74) is 13.9. The summed E-state index contributed by atoms with van der Waals surface area (Å²) >= 11 is 5.90. The Balaban J connectivity index is 1.66. The van der Waals surface area contributed by atoms with Crippen LogP contribution in [0.1, 0.15) is 10.4 Å². The molecule has 0 unspecified atom stereocenters. The number of benzene rings is 2. The van der Waals surface area contributed by atoms with Crippen molar-refractivity contribution in [3.05, 3.63) is 71.4 Å². The zero-order valence-corrected chi connectivity index (χ0v) is 17.4. The van der Waals surface area contributed by atoms with Gasteiger partial charge >= 0.3 is 0 Å². The van der Waals surface area contributed by atoms with Gasteiger partial charge in [0, 0.05) is 16.7 Å². The van der Waals surface area contributed by atoms with Gasteiger partial charge in [-0.2, -0.15) is 14.9 Å². The average Bonchev–Trinajstić information content (AvgIpc) is 3.30. The van der Waals surface area contributed by atoms with Crippen molar-refractivity contribution in [2.75, 3.05) is 11.5 Å². The van der Waals surface area contributed by atoms with E-state index in [2.05, 4.69) is 10.2 Å². The minimum absolute atomic E-state index is 0.0382. The van der Waals surface area contributed by atoms with Gasteiger partial charge in [-0.3, -0.25) is 4.79 Å². The van der Waals surface area contributed by atoms with Crippen LogP contribution in [0.25, 0.3) is 16.9 Å². The molecule has 158 valence electrons. The number of carbonyl (C=O) groups excluding carboxylic acids is 1. The van der Waals surface area contributed by atoms with Crippen LogP contribution in [0.3, 0.4) is 0 Å². The summed E-state index contributed by atoms with van der Waals surface area (Å²) in [4.78, 5) is 12.9. The van der Waals surface area contributed by atoms with E-state index in [0.29, 0.717) is 16.4 Å². The topological polar surface area (TPSA) is 165 Å². The smallest absolute Gasteiger partial charge is 0.285 e. The molecule has 0 radical (unpaired) electrons. The van der Waals surface area contributed by atoms with E-state index in [1.54, 1.807) is 30.3 Å². The zero-order valence-electron chi connectivity index (χ0n) is 15.8. The molecular formula is C19H16ClN7O3S. The van der Waals surface area contributed by atoms with E-state index in [9.17, 15) is 13.2 Å². The highest BCUT2D eigenvalue weighted by molar-refractivity contribution is 7.89. The van der Waals surface area contributed by atoms with E-state index in [1.807, 2.05) is 0 Å². The van der Waals surface area contributed by atoms with E-state index < -0.39 is 15.9 Å². The van der Waals surface area contributed by atoms with Crippen molar-refractivity contribution in [3.8, 4) is 16.9 Å². The normalized spacial score (nSPS) is 11.5. The number of nitrogens with two attached hydrogens (primary N) is 3. The van der Waals surface area contributed by atoms with Gasteiger partial charge in [0.25, 0.3) is 5.91 Å². The van der Waals surface area contributed by atoms with Gasteiger partial charge in [-0.25, -0.2) is 18.2 Å². The summed E-state index contributed by atoms with van der Waals surface area (Å²) in [6.45, 7) is 0. The van der Waals surface area contributed by atoms with Crippen molar-refractivity contribution >= 4 is 39.2 Å². The molecule has 0 aliphatic carbocycles. The van der Waals surface area contributed by atoms with E-state index in [4.69, 9.17) is 28.2 Å². The first kappa shape index (κ1) is 20.6. The first-order valence-corrected chi connectivity index (χ1v) is 10.7. The fraction of sp³-hybridized carbons (Fsp3) is 0. The molecular weight excluding hydrogens is 442 g/mol. The molecule has 2 heterocycles. The van der Waals surface area contributed by atoms with Crippen molar-refractivity contribution in [2.24, 2.45) is 5.14 Å². The fourth-order valence-electron chi connectivity index (χ4n) is 2.94. The van der Waals surface area contributed by atoms with Crippen LogP contribution in [0, 0.1) is 0 Å². The summed E-state index contributed by atoms with van der Waals surface area (Å²) < 4.78 is 25.1. The Kier molecular flexibility index (Phi) is 5.01. The Morgan fingerprint density at radius 2 is 1.65 bits per heavy atom. The second-order valence-electron chi connectivity index (χ2n) is 6.57. The van der Waals surface area contributed by atoms with Crippen molar-refractivity contribution in [1.29, 1.82) is 0 Å². The second kappa shape index (κ2) is 7.54. The largest absolute Gasteiger partial charge is 0.383 e. The van der Waals surface area contributed by atoms with Crippen molar-refractivity contribution < 1.29 is 13.2 Å². The van der Waals surface area contributed by atoms with E-state index in [1.165, 1.54) is 35.1 Å². The Labute approximate surface area is 181 Å². The maximum atomic E-state index is 13.0. The SMILES string of the molecule is Nc1cc(-c2ccc(Cl)cc2)nn1C(=O)c1cnn(-c2ccc(S(N)(=O)=O)cc2)c1N. The van der Waals surface area contributed by atoms with Crippen LogP contribution in [-0.4, -0.2) is 33.9 Å². The van der Waals surface area contributed by atoms with Crippen molar-refractivity contribution in [2.45, 2.75) is 4.90 Å². The molecule has 4 rings (SSSR count). The molecule has 4 aromatic rings. The number of aromatic nitrogens is 4. The summed E-state index contributed by atoms with van der Waals surface area (Å²) in [6, 6.07) is 14.1. The molecule has 0 aliphatic heterocycles. The van der Waals surface area contributed by atoms with Gasteiger partial charge in [-0.15, -0.1) is 0 Å². The minimum atomic E-state index is -3.83. The standard InChI is InChI=1S/C19H16ClN7O3S/c20-12-3-1-11(2-4-12)16-9-17(21)27(25-16)19(28)15-10-24-26(18(15)22)13-5-7-14(8-6-13)31(23,29)30/h1-10H,21-22H2,(H2,23,29,30). The number of nitrogen functional groups attached to an aromatic ring is 2. The van der Waals surface area contributed by atoms with Gasteiger partial charge in [0.1, 0.15) is 17.2 Å². The highest BCUT2D eigenvalue weighted by Crippen LogP contribution is 2.25. The maximum Gasteiger partial charge on any atom is 0.285 e. The molecule has 0 amide bonds. The predicted molar refractivity (Wildman–Crippen MR) is 116 cm³/mol. The molecule has 2 aromatic carbocycles. The molecule has 0 saturated heterocycles. The Morgan fingerprint density at radius 3 is 2.26 bits per heavy atom. The number of nitrogens with zero attached hydrogens (tertiary/aromatic N) is 4. The number of anilines is 2. The lowest BCUT2D eigenvalue weighted by molar-refractivity contribution is 0.0949. The number of hydrogen-bond donors (Lipinski definition) is 3. The van der Waals surface area contributed by atoms with Gasteiger partial charge in [-0.05, 0) is 36.4 Å². The van der Waals surface area contributed by atoms with Crippen molar-refractivity contribution in [3.63, 3.8) is 0 Å². The fourth-order valence-corrected chi connectivity index (χ4v) is 3.58. The highest BCUT2D eigenvalue weighted by Gasteiger charge is 2.21. The van der Waals surface area contributed by atoms with Gasteiger partial charge in [0.2, 0.25) is 10.0 Å². The first-order valence-electron chi connectivity index (χ1n) is 8.78. The van der Waals surface area contributed by atoms with E-state index >= 15 is 0 Å². The number of primary sulfonamides is 1. The van der Waals surface area contributed by atoms with Gasteiger partial charge < -0.3 is 11.5 Å². The van der Waals surface area contributed by atoms with Crippen LogP contribution in [-0.2, 0) is 10.0 Å². The predicted octanol–water partition coefficient (Wildman–Crippen LogP) is 1.89. The monoisotopic (exact) mass is 457 g/mol. The lowest BCUT2D eigenvalue weighted by Crippen LogP contribution is -2.17. The number of carbonyl (C=O) groups is 1. The van der Waals surface area contributed by atoms with Crippen LogP contribution in [0.5, 0.6) is 0 Å². The summed E-state index contributed by atoms with van der Waals surface area (Å²) in [6.07, 6.45) is 1.29. The van der Waals surface area contributed by atoms with Gasteiger partial charge in [-0.1, -0.05) is 23.7 Å². The third-order valence-electron chi connectivity index (χ3n) is 4.52. The molecule has 12 heteroatoms. The third-order valence-corrected chi connectivity index (χ3v) is 5.70. The van der Waals surface area contributed by atoms with Crippen LogP contribution in [0.2, 0.25) is 5.02 Å². The molecule has 0 saturated carbocycles. The molecule has 0 spiro atoms. The number of sulfonamides is 1. The molecule has 6 N–H and O–H groups in total. The number of halogens is 1. The Morgan fingerprint density at radius 1 is 1.00 bits per heavy atom. The zero-order chi connectivity index (χ0) is 22.3. The van der Waals surface area contributed by atoms with Crippen LogP contribution in [0.15, 0.2) is 65.7 Å². The molecule has 0 bridgehead atoms.